The Morgan fingerprint density at radius 3 is 2.64 bits per heavy atom. The highest BCUT2D eigenvalue weighted by atomic mass is 127. The third-order valence-corrected chi connectivity index (χ3v) is 6.81. The fraction of sp³-hybridized carbons (Fsp3) is 0.696. The van der Waals surface area contributed by atoms with E-state index in [1.807, 2.05) is 0 Å². The van der Waals surface area contributed by atoms with Crippen molar-refractivity contribution in [2.45, 2.75) is 58.5 Å². The number of nitrogens with zero attached hydrogens (tertiary/aromatic N) is 2. The minimum Gasteiger partial charge on any atom is -0.373 e. The Bertz CT molecular complexity index is 656. The zero-order chi connectivity index (χ0) is 18.7. The van der Waals surface area contributed by atoms with E-state index < -0.39 is 0 Å². The van der Waals surface area contributed by atoms with Gasteiger partial charge in [0.2, 0.25) is 0 Å². The zero-order valence-electron chi connectivity index (χ0n) is 17.5. The number of aryl methyl sites for hydroxylation is 1. The molecule has 5 heteroatoms. The number of ether oxygens (including phenoxy) is 1. The van der Waals surface area contributed by atoms with Gasteiger partial charge in [-0.2, -0.15) is 0 Å². The van der Waals surface area contributed by atoms with Crippen LogP contribution in [-0.2, 0) is 4.74 Å². The van der Waals surface area contributed by atoms with Gasteiger partial charge < -0.3 is 15.0 Å². The van der Waals surface area contributed by atoms with Crippen LogP contribution in [0.1, 0.15) is 62.7 Å². The first-order valence-corrected chi connectivity index (χ1v) is 10.9. The molecule has 1 aromatic rings. The molecule has 0 bridgehead atoms. The van der Waals surface area contributed by atoms with Crippen LogP contribution in [0.4, 0.5) is 0 Å². The topological polar surface area (TPSA) is 36.9 Å². The molecule has 1 aliphatic carbocycles. The van der Waals surface area contributed by atoms with Gasteiger partial charge in [0.05, 0.1) is 6.10 Å². The number of hydrogen-bond acceptors (Lipinski definition) is 2. The van der Waals surface area contributed by atoms with E-state index in [0.717, 1.165) is 38.6 Å². The SMILES string of the molecule is CCNC(=NCC1CCCOC1c1ccc(C)cc1)N1CCC2(CCC2)C1.I. The van der Waals surface area contributed by atoms with E-state index in [-0.39, 0.29) is 30.1 Å². The first kappa shape index (κ1) is 21.9. The maximum Gasteiger partial charge on any atom is 0.193 e. The maximum atomic E-state index is 6.19. The second-order valence-corrected chi connectivity index (χ2v) is 8.82. The average Bonchev–Trinajstić information content (AvgIpc) is 3.12. The van der Waals surface area contributed by atoms with Gasteiger partial charge in [0, 0.05) is 38.7 Å². The van der Waals surface area contributed by atoms with E-state index in [9.17, 15) is 0 Å². The van der Waals surface area contributed by atoms with Crippen molar-refractivity contribution >= 4 is 29.9 Å². The summed E-state index contributed by atoms with van der Waals surface area (Å²) in [6.07, 6.45) is 8.11. The maximum absolute atomic E-state index is 6.19. The summed E-state index contributed by atoms with van der Waals surface area (Å²) in [7, 11) is 0. The predicted octanol–water partition coefficient (Wildman–Crippen LogP) is 4.92. The highest BCUT2D eigenvalue weighted by molar-refractivity contribution is 14.0. The van der Waals surface area contributed by atoms with E-state index in [1.165, 1.54) is 49.8 Å². The molecule has 1 N–H and O–H groups in total. The van der Waals surface area contributed by atoms with Crippen LogP contribution in [0.15, 0.2) is 29.3 Å². The fourth-order valence-corrected chi connectivity index (χ4v) is 4.99. The second-order valence-electron chi connectivity index (χ2n) is 8.82. The van der Waals surface area contributed by atoms with Crippen molar-refractivity contribution < 1.29 is 4.74 Å². The van der Waals surface area contributed by atoms with Gasteiger partial charge in [0.15, 0.2) is 5.96 Å². The molecule has 0 aromatic heterocycles. The van der Waals surface area contributed by atoms with E-state index in [0.29, 0.717) is 11.3 Å². The molecule has 1 saturated carbocycles. The molecule has 0 radical (unpaired) electrons. The molecule has 2 unspecified atom stereocenters. The molecule has 0 amide bonds. The van der Waals surface area contributed by atoms with Gasteiger partial charge in [0.1, 0.15) is 0 Å². The average molecular weight is 497 g/mol. The van der Waals surface area contributed by atoms with Crippen molar-refractivity contribution in [2.24, 2.45) is 16.3 Å². The number of rotatable bonds is 4. The lowest BCUT2D eigenvalue weighted by Crippen LogP contribution is -2.43. The molecule has 2 atom stereocenters. The van der Waals surface area contributed by atoms with Gasteiger partial charge in [-0.05, 0) is 56.9 Å². The van der Waals surface area contributed by atoms with Crippen molar-refractivity contribution in [3.05, 3.63) is 35.4 Å². The summed E-state index contributed by atoms with van der Waals surface area (Å²) in [5.41, 5.74) is 3.21. The molecule has 156 valence electrons. The number of likely N-dealkylation sites (tertiary alicyclic amines) is 1. The molecule has 28 heavy (non-hydrogen) atoms. The number of nitrogens with one attached hydrogen (secondary N) is 1. The normalized spacial score (nSPS) is 26.6. The first-order chi connectivity index (χ1) is 13.2. The first-order valence-electron chi connectivity index (χ1n) is 10.9. The summed E-state index contributed by atoms with van der Waals surface area (Å²) >= 11 is 0. The van der Waals surface area contributed by atoms with Gasteiger partial charge in [-0.1, -0.05) is 36.2 Å². The number of halogens is 1. The lowest BCUT2D eigenvalue weighted by molar-refractivity contribution is -0.0250. The van der Waals surface area contributed by atoms with Gasteiger partial charge >= 0.3 is 0 Å². The Morgan fingerprint density at radius 2 is 2.00 bits per heavy atom. The van der Waals surface area contributed by atoms with Crippen molar-refractivity contribution in [3.63, 3.8) is 0 Å². The van der Waals surface area contributed by atoms with Crippen LogP contribution in [-0.4, -0.2) is 43.6 Å². The van der Waals surface area contributed by atoms with Crippen molar-refractivity contribution in [3.8, 4) is 0 Å². The summed E-state index contributed by atoms with van der Waals surface area (Å²) in [6, 6.07) is 8.85. The quantitative estimate of drug-likeness (QED) is 0.365. The van der Waals surface area contributed by atoms with E-state index in [4.69, 9.17) is 9.73 Å². The highest BCUT2D eigenvalue weighted by Crippen LogP contribution is 2.48. The Labute approximate surface area is 187 Å². The molecule has 1 aromatic carbocycles. The van der Waals surface area contributed by atoms with Gasteiger partial charge in [-0.3, -0.25) is 4.99 Å². The van der Waals surface area contributed by atoms with Crippen LogP contribution in [0.25, 0.3) is 0 Å². The van der Waals surface area contributed by atoms with Crippen molar-refractivity contribution in [2.75, 3.05) is 32.8 Å². The van der Waals surface area contributed by atoms with E-state index >= 15 is 0 Å². The Morgan fingerprint density at radius 1 is 1.21 bits per heavy atom. The van der Waals surface area contributed by atoms with Crippen LogP contribution in [0.3, 0.4) is 0 Å². The van der Waals surface area contributed by atoms with Gasteiger partial charge in [0.25, 0.3) is 0 Å². The van der Waals surface area contributed by atoms with Gasteiger partial charge in [-0.25, -0.2) is 0 Å². The summed E-state index contributed by atoms with van der Waals surface area (Å²) in [5.74, 6) is 1.59. The van der Waals surface area contributed by atoms with Crippen LogP contribution in [0, 0.1) is 18.3 Å². The molecular formula is C23H36IN3O. The lowest BCUT2D eigenvalue weighted by Gasteiger charge is -2.38. The molecule has 4 rings (SSSR count). The van der Waals surface area contributed by atoms with Crippen molar-refractivity contribution in [1.82, 2.24) is 10.2 Å². The summed E-state index contributed by atoms with van der Waals surface area (Å²) < 4.78 is 6.19. The summed E-state index contributed by atoms with van der Waals surface area (Å²) in [6.45, 7) is 9.32. The van der Waals surface area contributed by atoms with Gasteiger partial charge in [-0.15, -0.1) is 24.0 Å². The second kappa shape index (κ2) is 9.79. The smallest absolute Gasteiger partial charge is 0.193 e. The fourth-order valence-electron chi connectivity index (χ4n) is 4.99. The monoisotopic (exact) mass is 497 g/mol. The molecular weight excluding hydrogens is 461 g/mol. The number of guanidine groups is 1. The predicted molar refractivity (Wildman–Crippen MR) is 126 cm³/mol. The number of aliphatic imine (C=N–C) groups is 1. The summed E-state index contributed by atoms with van der Waals surface area (Å²) in [5, 5.41) is 3.55. The van der Waals surface area contributed by atoms with Crippen LogP contribution < -0.4 is 5.32 Å². The third kappa shape index (κ3) is 4.84. The zero-order valence-corrected chi connectivity index (χ0v) is 19.8. The molecule has 1 spiro atoms. The van der Waals surface area contributed by atoms with Crippen LogP contribution in [0.5, 0.6) is 0 Å². The molecule has 2 heterocycles. The van der Waals surface area contributed by atoms with E-state index in [2.05, 4.69) is 48.3 Å². The third-order valence-electron chi connectivity index (χ3n) is 6.81. The number of benzene rings is 1. The minimum absolute atomic E-state index is 0. The largest absolute Gasteiger partial charge is 0.373 e. The highest BCUT2D eigenvalue weighted by Gasteiger charge is 2.43. The molecule has 2 saturated heterocycles. The number of hydrogen-bond donors (Lipinski definition) is 1. The Balaban J connectivity index is 0.00000225. The minimum atomic E-state index is 0. The standard InChI is InChI=1S/C23H35N3O.HI/c1-3-24-22(26-14-13-23(17-26)11-5-12-23)25-16-20-6-4-15-27-21(20)19-9-7-18(2)8-10-19;/h7-10,20-21H,3-6,11-17H2,1-2H3,(H,24,25);1H. The summed E-state index contributed by atoms with van der Waals surface area (Å²) in [4.78, 5) is 7.60. The lowest BCUT2D eigenvalue weighted by atomic mass is 9.68. The van der Waals surface area contributed by atoms with Crippen LogP contribution in [0.2, 0.25) is 0 Å². The Hall–Kier alpha value is -0.820. The molecule has 2 aliphatic heterocycles. The Kier molecular flexibility index (Phi) is 7.65. The van der Waals surface area contributed by atoms with Crippen LogP contribution >= 0.6 is 24.0 Å². The molecule has 4 nitrogen and oxygen atoms in total. The molecule has 3 fully saturated rings. The van der Waals surface area contributed by atoms with Crippen molar-refractivity contribution in [1.29, 1.82) is 0 Å². The van der Waals surface area contributed by atoms with E-state index in [1.54, 1.807) is 0 Å². The molecule has 3 aliphatic rings.